The van der Waals surface area contributed by atoms with E-state index in [0.29, 0.717) is 16.7 Å². The van der Waals surface area contributed by atoms with E-state index in [-0.39, 0.29) is 11.5 Å². The minimum atomic E-state index is -0.492. The van der Waals surface area contributed by atoms with Gasteiger partial charge < -0.3 is 19.5 Å². The number of benzene rings is 2. The van der Waals surface area contributed by atoms with E-state index in [1.54, 1.807) is 24.3 Å². The summed E-state index contributed by atoms with van der Waals surface area (Å²) in [7, 11) is 3.69. The first-order valence-corrected chi connectivity index (χ1v) is 6.73. The van der Waals surface area contributed by atoms with Crippen molar-refractivity contribution < 1.29 is 14.6 Å². The lowest BCUT2D eigenvalue weighted by Gasteiger charge is -2.16. The highest BCUT2D eigenvalue weighted by molar-refractivity contribution is 5.94. The van der Waals surface area contributed by atoms with Gasteiger partial charge in [0.2, 0.25) is 0 Å². The average molecular weight is 297 g/mol. The van der Waals surface area contributed by atoms with Gasteiger partial charge in [0.1, 0.15) is 17.1 Å². The number of phenols is 2. The van der Waals surface area contributed by atoms with E-state index in [0.717, 1.165) is 11.1 Å². The number of nitrogens with zero attached hydrogens (tertiary/aromatic N) is 1. The quantitative estimate of drug-likeness (QED) is 0.711. The van der Waals surface area contributed by atoms with E-state index < -0.39 is 5.63 Å². The lowest BCUT2D eigenvalue weighted by Crippen LogP contribution is -2.10. The maximum Gasteiger partial charge on any atom is 0.344 e. The van der Waals surface area contributed by atoms with E-state index in [1.165, 1.54) is 18.2 Å². The standard InChI is InChI=1S/C17H15NO4/c1-18(2)15-7-12(20)8-16-14(15)9-13(17(21)22-16)10-3-5-11(19)6-4-10/h3-9,19-20H,1-2H3. The molecule has 0 amide bonds. The van der Waals surface area contributed by atoms with Crippen LogP contribution in [0.2, 0.25) is 0 Å². The molecule has 0 bridgehead atoms. The van der Waals surface area contributed by atoms with Gasteiger partial charge in [0.05, 0.1) is 11.3 Å². The van der Waals surface area contributed by atoms with E-state index in [9.17, 15) is 15.0 Å². The molecule has 0 aliphatic heterocycles. The van der Waals surface area contributed by atoms with Crippen LogP contribution in [0.4, 0.5) is 5.69 Å². The van der Waals surface area contributed by atoms with Gasteiger partial charge in [-0.2, -0.15) is 0 Å². The molecular weight excluding hydrogens is 282 g/mol. The van der Waals surface area contributed by atoms with Crippen molar-refractivity contribution in [2.75, 3.05) is 19.0 Å². The third-order valence-corrected chi connectivity index (χ3v) is 3.48. The van der Waals surface area contributed by atoms with E-state index >= 15 is 0 Å². The van der Waals surface area contributed by atoms with Crippen molar-refractivity contribution in [2.45, 2.75) is 0 Å². The smallest absolute Gasteiger partial charge is 0.344 e. The average Bonchev–Trinajstić information content (AvgIpc) is 2.46. The van der Waals surface area contributed by atoms with Gasteiger partial charge in [-0.3, -0.25) is 0 Å². The Kier molecular flexibility index (Phi) is 3.25. The van der Waals surface area contributed by atoms with Gasteiger partial charge in [-0.05, 0) is 23.8 Å². The van der Waals surface area contributed by atoms with Gasteiger partial charge in [0.25, 0.3) is 0 Å². The summed E-state index contributed by atoms with van der Waals surface area (Å²) in [6.07, 6.45) is 0. The van der Waals surface area contributed by atoms with Gasteiger partial charge in [-0.25, -0.2) is 4.79 Å². The van der Waals surface area contributed by atoms with Crippen LogP contribution in [0.25, 0.3) is 22.1 Å². The molecule has 0 aliphatic carbocycles. The fraction of sp³-hybridized carbons (Fsp3) is 0.118. The number of rotatable bonds is 2. The summed E-state index contributed by atoms with van der Waals surface area (Å²) in [4.78, 5) is 14.0. The second kappa shape index (κ2) is 5.11. The van der Waals surface area contributed by atoms with Crippen LogP contribution in [-0.2, 0) is 0 Å². The second-order valence-corrected chi connectivity index (χ2v) is 5.27. The number of hydrogen-bond acceptors (Lipinski definition) is 5. The molecule has 1 heterocycles. The number of hydrogen-bond donors (Lipinski definition) is 2. The molecule has 5 nitrogen and oxygen atoms in total. The van der Waals surface area contributed by atoms with E-state index in [2.05, 4.69) is 0 Å². The molecule has 112 valence electrons. The van der Waals surface area contributed by atoms with Crippen LogP contribution >= 0.6 is 0 Å². The van der Waals surface area contributed by atoms with Crippen LogP contribution in [0, 0.1) is 0 Å². The molecular formula is C17H15NO4. The number of aromatic hydroxyl groups is 2. The van der Waals surface area contributed by atoms with Crippen LogP contribution in [0.15, 0.2) is 51.7 Å². The molecule has 22 heavy (non-hydrogen) atoms. The van der Waals surface area contributed by atoms with Crippen LogP contribution in [0.5, 0.6) is 11.5 Å². The molecule has 2 aromatic carbocycles. The van der Waals surface area contributed by atoms with Crippen molar-refractivity contribution in [1.29, 1.82) is 0 Å². The second-order valence-electron chi connectivity index (χ2n) is 5.27. The van der Waals surface area contributed by atoms with Crippen molar-refractivity contribution in [3.8, 4) is 22.6 Å². The van der Waals surface area contributed by atoms with Crippen molar-refractivity contribution >= 4 is 16.7 Å². The summed E-state index contributed by atoms with van der Waals surface area (Å²) in [6, 6.07) is 11.1. The van der Waals surface area contributed by atoms with Crippen LogP contribution in [0.1, 0.15) is 0 Å². The Morgan fingerprint density at radius 2 is 1.64 bits per heavy atom. The third-order valence-electron chi connectivity index (χ3n) is 3.48. The Morgan fingerprint density at radius 3 is 2.27 bits per heavy atom. The summed E-state index contributed by atoms with van der Waals surface area (Å²) in [6.45, 7) is 0. The molecule has 0 aliphatic rings. The first-order chi connectivity index (χ1) is 10.5. The SMILES string of the molecule is CN(C)c1cc(O)cc2oc(=O)c(-c3ccc(O)cc3)cc12. The van der Waals surface area contributed by atoms with Crippen LogP contribution < -0.4 is 10.5 Å². The predicted molar refractivity (Wildman–Crippen MR) is 85.6 cm³/mol. The molecule has 0 spiro atoms. The zero-order chi connectivity index (χ0) is 15.9. The fourth-order valence-electron chi connectivity index (χ4n) is 2.40. The Hall–Kier alpha value is -2.95. The molecule has 0 saturated carbocycles. The highest BCUT2D eigenvalue weighted by atomic mass is 16.4. The molecule has 5 heteroatoms. The topological polar surface area (TPSA) is 73.9 Å². The van der Waals surface area contributed by atoms with Crippen molar-refractivity contribution in [3.05, 3.63) is 52.9 Å². The Balaban J connectivity index is 2.31. The molecule has 0 unspecified atom stereocenters. The van der Waals surface area contributed by atoms with Crippen molar-refractivity contribution in [2.24, 2.45) is 0 Å². The highest BCUT2D eigenvalue weighted by Crippen LogP contribution is 2.32. The Labute approximate surface area is 126 Å². The summed E-state index contributed by atoms with van der Waals surface area (Å²) in [5.41, 5.74) is 1.65. The zero-order valence-electron chi connectivity index (χ0n) is 12.2. The molecule has 0 saturated heterocycles. The Morgan fingerprint density at radius 1 is 0.955 bits per heavy atom. The van der Waals surface area contributed by atoms with Gasteiger partial charge in [-0.15, -0.1) is 0 Å². The summed E-state index contributed by atoms with van der Waals surface area (Å²) < 4.78 is 5.34. The third kappa shape index (κ3) is 2.37. The fourth-order valence-corrected chi connectivity index (χ4v) is 2.40. The molecule has 0 fully saturated rings. The first kappa shape index (κ1) is 14.0. The molecule has 3 rings (SSSR count). The molecule has 0 radical (unpaired) electrons. The number of anilines is 1. The zero-order valence-corrected chi connectivity index (χ0v) is 12.2. The number of fused-ring (bicyclic) bond motifs is 1. The van der Waals surface area contributed by atoms with E-state index in [1.807, 2.05) is 19.0 Å². The predicted octanol–water partition coefficient (Wildman–Crippen LogP) is 2.94. The van der Waals surface area contributed by atoms with Crippen molar-refractivity contribution in [3.63, 3.8) is 0 Å². The summed E-state index contributed by atoms with van der Waals surface area (Å²) in [5, 5.41) is 19.8. The monoisotopic (exact) mass is 297 g/mol. The first-order valence-electron chi connectivity index (χ1n) is 6.73. The number of phenolic OH excluding ortho intramolecular Hbond substituents is 2. The van der Waals surface area contributed by atoms with Gasteiger partial charge >= 0.3 is 5.63 Å². The highest BCUT2D eigenvalue weighted by Gasteiger charge is 2.13. The van der Waals surface area contributed by atoms with E-state index in [4.69, 9.17) is 4.42 Å². The minimum absolute atomic E-state index is 0.0386. The van der Waals surface area contributed by atoms with Crippen LogP contribution in [-0.4, -0.2) is 24.3 Å². The van der Waals surface area contributed by atoms with Gasteiger partial charge in [0.15, 0.2) is 0 Å². The van der Waals surface area contributed by atoms with Crippen LogP contribution in [0.3, 0.4) is 0 Å². The molecule has 1 aromatic heterocycles. The van der Waals surface area contributed by atoms with Gasteiger partial charge in [-0.1, -0.05) is 12.1 Å². The Bertz CT molecular complexity index is 895. The minimum Gasteiger partial charge on any atom is -0.508 e. The lowest BCUT2D eigenvalue weighted by atomic mass is 10.0. The largest absolute Gasteiger partial charge is 0.508 e. The molecule has 3 aromatic rings. The molecule has 0 atom stereocenters. The maximum absolute atomic E-state index is 12.2. The maximum atomic E-state index is 12.2. The van der Waals surface area contributed by atoms with Gasteiger partial charge in [0, 0.05) is 31.6 Å². The normalized spacial score (nSPS) is 10.8. The summed E-state index contributed by atoms with van der Waals surface area (Å²) in [5.74, 6) is 0.171. The lowest BCUT2D eigenvalue weighted by molar-refractivity contribution is 0.473. The molecule has 2 N–H and O–H groups in total. The van der Waals surface area contributed by atoms with Crippen molar-refractivity contribution in [1.82, 2.24) is 0 Å². The summed E-state index contributed by atoms with van der Waals surface area (Å²) >= 11 is 0.